The number of alkyl halides is 2. The Kier molecular flexibility index (Phi) is 6.38. The van der Waals surface area contributed by atoms with Gasteiger partial charge in [-0.2, -0.15) is 0 Å². The van der Waals surface area contributed by atoms with Crippen molar-refractivity contribution >= 4 is 21.6 Å². The fourth-order valence-electron chi connectivity index (χ4n) is 3.25. The van der Waals surface area contributed by atoms with Crippen molar-refractivity contribution in [3.63, 3.8) is 0 Å². The van der Waals surface area contributed by atoms with Gasteiger partial charge in [0, 0.05) is 31.5 Å². The Morgan fingerprint density at radius 3 is 2.70 bits per heavy atom. The lowest BCUT2D eigenvalue weighted by Crippen LogP contribution is -2.36. The molecule has 1 atom stereocenters. The minimum atomic E-state index is -3.98. The van der Waals surface area contributed by atoms with Crippen molar-refractivity contribution in [1.82, 2.24) is 14.6 Å². The Labute approximate surface area is 171 Å². The van der Waals surface area contributed by atoms with Crippen LogP contribution in [0.15, 0.2) is 29.3 Å². The average molecular weight is 446 g/mol. The zero-order chi connectivity index (χ0) is 22.1. The first-order valence-electron chi connectivity index (χ1n) is 8.99. The van der Waals surface area contributed by atoms with Gasteiger partial charge < -0.3 is 19.9 Å². The fraction of sp³-hybridized carbons (Fsp3) is 0.389. The van der Waals surface area contributed by atoms with Gasteiger partial charge in [0.05, 0.1) is 12.7 Å². The fourth-order valence-corrected chi connectivity index (χ4v) is 4.73. The summed E-state index contributed by atoms with van der Waals surface area (Å²) >= 11 is 0. The lowest BCUT2D eigenvalue weighted by molar-refractivity contribution is 0.101. The standard InChI is InChI=1S/C18H21F3N4O4S/c1-25-9-14(30(27,28)24-11-5-6-22-8-11)16(29-2)15(25)18(26)23-10-3-4-13(19)12(7-10)17(20)21/h3-4,7,9,11,17,22,24H,5-6,8H2,1-2H3,(H,23,26)/t11-/m1/s1. The van der Waals surface area contributed by atoms with E-state index in [1.807, 2.05) is 0 Å². The molecule has 0 radical (unpaired) electrons. The van der Waals surface area contributed by atoms with Crippen molar-refractivity contribution in [2.24, 2.45) is 7.05 Å². The number of amides is 1. The molecule has 0 aliphatic carbocycles. The van der Waals surface area contributed by atoms with E-state index in [0.717, 1.165) is 18.2 Å². The number of methoxy groups -OCH3 is 1. The van der Waals surface area contributed by atoms with Gasteiger partial charge in [-0.1, -0.05) is 0 Å². The number of nitrogens with one attached hydrogen (secondary N) is 3. The predicted molar refractivity (Wildman–Crippen MR) is 103 cm³/mol. The van der Waals surface area contributed by atoms with E-state index in [9.17, 15) is 26.4 Å². The zero-order valence-electron chi connectivity index (χ0n) is 16.2. The van der Waals surface area contributed by atoms with Gasteiger partial charge in [-0.25, -0.2) is 26.3 Å². The summed E-state index contributed by atoms with van der Waals surface area (Å²) in [5, 5.41) is 5.42. The molecule has 1 amide bonds. The highest BCUT2D eigenvalue weighted by atomic mass is 32.2. The van der Waals surface area contributed by atoms with Crippen molar-refractivity contribution in [3.05, 3.63) is 41.5 Å². The summed E-state index contributed by atoms with van der Waals surface area (Å²) in [6, 6.07) is 2.47. The van der Waals surface area contributed by atoms with Crippen molar-refractivity contribution in [3.8, 4) is 5.75 Å². The third-order valence-corrected chi connectivity index (χ3v) is 6.20. The number of anilines is 1. The minimum Gasteiger partial charge on any atom is -0.493 e. The van der Waals surface area contributed by atoms with Gasteiger partial charge in [0.25, 0.3) is 12.3 Å². The number of nitrogens with zero attached hydrogens (tertiary/aromatic N) is 1. The number of benzene rings is 1. The molecule has 1 aromatic heterocycles. The molecule has 164 valence electrons. The third kappa shape index (κ3) is 4.45. The second-order valence-electron chi connectivity index (χ2n) is 6.79. The van der Waals surface area contributed by atoms with Gasteiger partial charge >= 0.3 is 0 Å². The minimum absolute atomic E-state index is 0.0699. The SMILES string of the molecule is COc1c(S(=O)(=O)N[C@@H]2CCNC2)cn(C)c1C(=O)Nc1ccc(F)c(C(F)F)c1. The molecule has 1 aromatic carbocycles. The molecule has 2 heterocycles. The number of carbonyl (C=O) groups is 1. The number of halogens is 3. The summed E-state index contributed by atoms with van der Waals surface area (Å²) < 4.78 is 73.8. The van der Waals surface area contributed by atoms with Crippen LogP contribution in [0.1, 0.15) is 28.9 Å². The monoisotopic (exact) mass is 446 g/mol. The number of rotatable bonds is 7. The van der Waals surface area contributed by atoms with Crippen LogP contribution in [0.3, 0.4) is 0 Å². The normalized spacial score (nSPS) is 16.8. The van der Waals surface area contributed by atoms with Crippen molar-refractivity contribution in [1.29, 1.82) is 0 Å². The van der Waals surface area contributed by atoms with Crippen LogP contribution in [0.2, 0.25) is 0 Å². The molecule has 30 heavy (non-hydrogen) atoms. The van der Waals surface area contributed by atoms with Crippen LogP contribution in [0.25, 0.3) is 0 Å². The van der Waals surface area contributed by atoms with Crippen molar-refractivity contribution in [2.75, 3.05) is 25.5 Å². The highest BCUT2D eigenvalue weighted by molar-refractivity contribution is 7.89. The van der Waals surface area contributed by atoms with Crippen LogP contribution in [0, 0.1) is 5.82 Å². The summed E-state index contributed by atoms with van der Waals surface area (Å²) in [4.78, 5) is 12.5. The lowest BCUT2D eigenvalue weighted by atomic mass is 10.2. The molecule has 0 saturated carbocycles. The van der Waals surface area contributed by atoms with Gasteiger partial charge in [-0.05, 0) is 31.2 Å². The summed E-state index contributed by atoms with van der Waals surface area (Å²) in [7, 11) is -1.32. The molecular formula is C18H21F3N4O4S. The molecule has 1 fully saturated rings. The van der Waals surface area contributed by atoms with E-state index in [1.54, 1.807) is 0 Å². The van der Waals surface area contributed by atoms with Crippen molar-refractivity contribution in [2.45, 2.75) is 23.8 Å². The van der Waals surface area contributed by atoms with Crippen LogP contribution in [-0.2, 0) is 17.1 Å². The van der Waals surface area contributed by atoms with Gasteiger partial charge in [0.15, 0.2) is 11.4 Å². The second-order valence-corrected chi connectivity index (χ2v) is 8.47. The van der Waals surface area contributed by atoms with Gasteiger partial charge in [0.2, 0.25) is 10.0 Å². The Balaban J connectivity index is 1.91. The lowest BCUT2D eigenvalue weighted by Gasteiger charge is -2.13. The van der Waals surface area contributed by atoms with Gasteiger partial charge in [0.1, 0.15) is 10.7 Å². The second kappa shape index (κ2) is 8.66. The predicted octanol–water partition coefficient (Wildman–Crippen LogP) is 2.00. The maximum absolute atomic E-state index is 13.5. The molecule has 2 aromatic rings. The molecule has 0 unspecified atom stereocenters. The van der Waals surface area contributed by atoms with Crippen LogP contribution >= 0.6 is 0 Å². The van der Waals surface area contributed by atoms with E-state index >= 15 is 0 Å². The Morgan fingerprint density at radius 2 is 2.10 bits per heavy atom. The molecule has 3 rings (SSSR count). The largest absolute Gasteiger partial charge is 0.493 e. The Morgan fingerprint density at radius 1 is 1.37 bits per heavy atom. The van der Waals surface area contributed by atoms with E-state index in [2.05, 4.69) is 15.4 Å². The van der Waals surface area contributed by atoms with Crippen molar-refractivity contribution < 1.29 is 31.1 Å². The average Bonchev–Trinajstić information content (AvgIpc) is 3.29. The smallest absolute Gasteiger partial charge is 0.276 e. The zero-order valence-corrected chi connectivity index (χ0v) is 17.0. The number of aromatic nitrogens is 1. The van der Waals surface area contributed by atoms with E-state index in [1.165, 1.54) is 24.9 Å². The molecule has 1 aliphatic heterocycles. The van der Waals surface area contributed by atoms with E-state index < -0.39 is 33.7 Å². The summed E-state index contributed by atoms with van der Waals surface area (Å²) in [5.41, 5.74) is -1.06. The molecule has 0 spiro atoms. The van der Waals surface area contributed by atoms with E-state index in [4.69, 9.17) is 4.74 Å². The molecule has 0 bridgehead atoms. The first kappa shape index (κ1) is 22.1. The third-order valence-electron chi connectivity index (χ3n) is 4.68. The van der Waals surface area contributed by atoms with Gasteiger partial charge in [-0.3, -0.25) is 4.79 Å². The molecule has 12 heteroatoms. The van der Waals surface area contributed by atoms with E-state index in [0.29, 0.717) is 19.5 Å². The molecule has 3 N–H and O–H groups in total. The quantitative estimate of drug-likeness (QED) is 0.604. The number of sulfonamides is 1. The first-order valence-corrected chi connectivity index (χ1v) is 10.5. The van der Waals surface area contributed by atoms with Crippen LogP contribution in [-0.4, -0.2) is 45.1 Å². The molecule has 8 nitrogen and oxygen atoms in total. The highest BCUT2D eigenvalue weighted by Gasteiger charge is 2.31. The number of hydrogen-bond acceptors (Lipinski definition) is 5. The number of hydrogen-bond donors (Lipinski definition) is 3. The molecule has 1 saturated heterocycles. The summed E-state index contributed by atoms with van der Waals surface area (Å²) in [5.74, 6) is -2.09. The first-order chi connectivity index (χ1) is 14.1. The maximum Gasteiger partial charge on any atom is 0.276 e. The topological polar surface area (TPSA) is 101 Å². The number of aryl methyl sites for hydroxylation is 1. The molecule has 1 aliphatic rings. The number of ether oxygens (including phenoxy) is 1. The van der Waals surface area contributed by atoms with E-state index in [-0.39, 0.29) is 28.1 Å². The van der Waals surface area contributed by atoms with Gasteiger partial charge in [-0.15, -0.1) is 0 Å². The molecular weight excluding hydrogens is 425 g/mol. The van der Waals surface area contributed by atoms with Crippen LogP contribution in [0.4, 0.5) is 18.9 Å². The summed E-state index contributed by atoms with van der Waals surface area (Å²) in [6.45, 7) is 1.17. The number of carbonyl (C=O) groups excluding carboxylic acids is 1. The highest BCUT2D eigenvalue weighted by Crippen LogP contribution is 2.31. The Bertz CT molecular complexity index is 1050. The maximum atomic E-state index is 13.5. The summed E-state index contributed by atoms with van der Waals surface area (Å²) in [6.07, 6.45) is -1.20. The van der Waals surface area contributed by atoms with Crippen LogP contribution in [0.5, 0.6) is 5.75 Å². The van der Waals surface area contributed by atoms with Crippen LogP contribution < -0.4 is 20.1 Å². The Hall–Kier alpha value is -2.57.